The van der Waals surface area contributed by atoms with Crippen molar-refractivity contribution >= 4 is 17.8 Å². The summed E-state index contributed by atoms with van der Waals surface area (Å²) in [5.41, 5.74) is 9.05. The van der Waals surface area contributed by atoms with Gasteiger partial charge in [-0.25, -0.2) is 4.99 Å². The van der Waals surface area contributed by atoms with Gasteiger partial charge in [-0.2, -0.15) is 0 Å². The second-order valence-electron chi connectivity index (χ2n) is 7.87. The molecule has 3 heterocycles. The fraction of sp³-hybridized carbons (Fsp3) is 0.160. The van der Waals surface area contributed by atoms with E-state index in [0.717, 1.165) is 22.4 Å². The van der Waals surface area contributed by atoms with Crippen LogP contribution in [0, 0.1) is 12.3 Å². The van der Waals surface area contributed by atoms with Crippen LogP contribution in [0.15, 0.2) is 70.6 Å². The number of aryl methyl sites for hydroxylation is 1. The van der Waals surface area contributed by atoms with Crippen molar-refractivity contribution in [3.63, 3.8) is 0 Å². The lowest BCUT2D eigenvalue weighted by Crippen LogP contribution is -2.39. The number of amidine groups is 1. The van der Waals surface area contributed by atoms with Gasteiger partial charge in [0.25, 0.3) is 11.6 Å². The maximum atomic E-state index is 13.8. The molecule has 1 spiro atoms. The van der Waals surface area contributed by atoms with E-state index in [2.05, 4.69) is 4.99 Å². The molecule has 0 aliphatic carbocycles. The average molecular weight is 426 g/mol. The maximum Gasteiger partial charge on any atom is 0.283 e. The summed E-state index contributed by atoms with van der Waals surface area (Å²) in [4.78, 5) is 18.4. The first-order valence-electron chi connectivity index (χ1n) is 10.3. The van der Waals surface area contributed by atoms with Gasteiger partial charge < -0.3 is 20.6 Å². The molecule has 0 bridgehead atoms. The van der Waals surface area contributed by atoms with E-state index in [9.17, 15) is 4.79 Å². The van der Waals surface area contributed by atoms with Gasteiger partial charge in [-0.15, -0.1) is 0 Å². The highest BCUT2D eigenvalue weighted by molar-refractivity contribution is 6.08. The zero-order valence-electron chi connectivity index (χ0n) is 17.8. The number of nitrogens with one attached hydrogen (secondary N) is 1. The van der Waals surface area contributed by atoms with Crippen LogP contribution in [0.1, 0.15) is 29.2 Å². The van der Waals surface area contributed by atoms with E-state index in [0.29, 0.717) is 22.6 Å². The van der Waals surface area contributed by atoms with Gasteiger partial charge >= 0.3 is 0 Å². The van der Waals surface area contributed by atoms with Crippen LogP contribution < -0.4 is 16.0 Å². The van der Waals surface area contributed by atoms with Crippen LogP contribution in [0.25, 0.3) is 11.3 Å². The summed E-state index contributed by atoms with van der Waals surface area (Å²) in [5, 5.41) is 7.71. The molecule has 7 heteroatoms. The summed E-state index contributed by atoms with van der Waals surface area (Å²) in [6.45, 7) is 3.96. The number of aliphatic imine (C=N–C) groups is 1. The molecule has 0 radical (unpaired) electrons. The van der Waals surface area contributed by atoms with Crippen LogP contribution in [-0.4, -0.2) is 23.4 Å². The molecule has 2 aromatic carbocycles. The van der Waals surface area contributed by atoms with Crippen molar-refractivity contribution in [2.24, 2.45) is 10.7 Å². The molecule has 2 aliphatic rings. The summed E-state index contributed by atoms with van der Waals surface area (Å²) in [5.74, 6) is 1.01. The number of pyridine rings is 1. The molecule has 7 nitrogen and oxygen atoms in total. The van der Waals surface area contributed by atoms with Gasteiger partial charge in [-0.1, -0.05) is 29.8 Å². The number of fused-ring (bicyclic) bond motifs is 4. The summed E-state index contributed by atoms with van der Waals surface area (Å²) in [7, 11) is 0. The van der Waals surface area contributed by atoms with Crippen molar-refractivity contribution in [1.29, 1.82) is 5.41 Å². The smallest absolute Gasteiger partial charge is 0.283 e. The van der Waals surface area contributed by atoms with Gasteiger partial charge in [-0.05, 0) is 55.3 Å². The molecule has 2 aliphatic heterocycles. The minimum atomic E-state index is -1.13. The predicted molar refractivity (Wildman–Crippen MR) is 124 cm³/mol. The minimum Gasteiger partial charge on any atom is -0.462 e. The highest BCUT2D eigenvalue weighted by Gasteiger charge is 2.49. The topological polar surface area (TPSA) is 103 Å². The lowest BCUT2D eigenvalue weighted by Gasteiger charge is -2.33. The number of aromatic nitrogens is 1. The standard InChI is InChI=1S/C25H22N4O3/c1-3-16(13-26)17-6-9-20-19(12-17)25(14-31-24(27)28-25)22-21(32-20)10-11-29(23(22)30)18-7-4-15(2)5-8-18/h3-13,26H,14H2,1-2H3,(H2,27,28)/b16-3+,26-13?. The van der Waals surface area contributed by atoms with Crippen molar-refractivity contribution in [3.05, 3.63) is 93.4 Å². The van der Waals surface area contributed by atoms with Crippen molar-refractivity contribution in [1.82, 2.24) is 4.57 Å². The van der Waals surface area contributed by atoms with Gasteiger partial charge in [0.2, 0.25) is 0 Å². The Labute approximate surface area is 185 Å². The molecular weight excluding hydrogens is 404 g/mol. The fourth-order valence-electron chi connectivity index (χ4n) is 4.30. The van der Waals surface area contributed by atoms with E-state index in [-0.39, 0.29) is 18.2 Å². The summed E-state index contributed by atoms with van der Waals surface area (Å²) >= 11 is 0. The molecule has 1 aromatic heterocycles. The number of hydrogen-bond donors (Lipinski definition) is 2. The van der Waals surface area contributed by atoms with Gasteiger partial charge in [0.1, 0.15) is 18.1 Å². The van der Waals surface area contributed by atoms with Gasteiger partial charge in [0.15, 0.2) is 5.54 Å². The molecule has 3 N–H and O–H groups in total. The van der Waals surface area contributed by atoms with Crippen molar-refractivity contribution in [2.75, 3.05) is 6.61 Å². The molecule has 32 heavy (non-hydrogen) atoms. The Kier molecular flexibility index (Phi) is 4.48. The highest BCUT2D eigenvalue weighted by Crippen LogP contribution is 2.50. The number of benzene rings is 2. The van der Waals surface area contributed by atoms with E-state index in [4.69, 9.17) is 20.6 Å². The Morgan fingerprint density at radius 3 is 2.62 bits per heavy atom. The average Bonchev–Trinajstić information content (AvgIpc) is 3.18. The Balaban J connectivity index is 1.78. The zero-order chi connectivity index (χ0) is 22.5. The Morgan fingerprint density at radius 2 is 1.97 bits per heavy atom. The van der Waals surface area contributed by atoms with Crippen molar-refractivity contribution < 1.29 is 9.47 Å². The summed E-state index contributed by atoms with van der Waals surface area (Å²) in [6.07, 6.45) is 4.85. The molecule has 3 aromatic rings. The van der Waals surface area contributed by atoms with Gasteiger partial charge in [0, 0.05) is 23.7 Å². The van der Waals surface area contributed by atoms with E-state index in [1.54, 1.807) is 16.8 Å². The Morgan fingerprint density at radius 1 is 1.19 bits per heavy atom. The predicted octanol–water partition coefficient (Wildman–Crippen LogP) is 3.89. The molecule has 0 saturated carbocycles. The Bertz CT molecular complexity index is 1370. The van der Waals surface area contributed by atoms with Crippen LogP contribution in [0.2, 0.25) is 0 Å². The lowest BCUT2D eigenvalue weighted by atomic mass is 9.81. The molecular formula is C25H22N4O3. The molecule has 1 unspecified atom stereocenters. The van der Waals surface area contributed by atoms with E-state index < -0.39 is 5.54 Å². The number of nitrogens with two attached hydrogens (primary N) is 1. The highest BCUT2D eigenvalue weighted by atomic mass is 16.5. The normalized spacial score (nSPS) is 18.9. The van der Waals surface area contributed by atoms with Crippen molar-refractivity contribution in [2.45, 2.75) is 19.4 Å². The summed E-state index contributed by atoms with van der Waals surface area (Å²) < 4.78 is 13.3. The van der Waals surface area contributed by atoms with E-state index in [1.807, 2.05) is 62.4 Å². The van der Waals surface area contributed by atoms with Crippen molar-refractivity contribution in [3.8, 4) is 17.2 Å². The van der Waals surface area contributed by atoms with Crippen LogP contribution in [0.4, 0.5) is 0 Å². The fourth-order valence-corrected chi connectivity index (χ4v) is 4.30. The van der Waals surface area contributed by atoms with E-state index in [1.165, 1.54) is 6.21 Å². The number of ether oxygens (including phenoxy) is 2. The lowest BCUT2D eigenvalue weighted by molar-refractivity contribution is 0.262. The van der Waals surface area contributed by atoms with Crippen LogP contribution in [0.5, 0.6) is 11.5 Å². The third-order valence-corrected chi connectivity index (χ3v) is 5.95. The molecule has 160 valence electrons. The molecule has 0 amide bonds. The molecule has 0 fully saturated rings. The zero-order valence-corrected chi connectivity index (χ0v) is 17.8. The summed E-state index contributed by atoms with van der Waals surface area (Å²) in [6, 6.07) is 15.1. The van der Waals surface area contributed by atoms with Crippen LogP contribution in [-0.2, 0) is 10.3 Å². The van der Waals surface area contributed by atoms with Crippen LogP contribution >= 0.6 is 0 Å². The largest absolute Gasteiger partial charge is 0.462 e. The molecule has 1 atom stereocenters. The minimum absolute atomic E-state index is 0.0256. The first-order valence-corrected chi connectivity index (χ1v) is 10.3. The Hall–Kier alpha value is -4.13. The van der Waals surface area contributed by atoms with Crippen LogP contribution in [0.3, 0.4) is 0 Å². The SMILES string of the molecule is C/C=C(\C=N)c1ccc2c(c1)C1(COC(N)=N1)c1c(ccn(-c3ccc(C)cc3)c1=O)O2. The third-order valence-electron chi connectivity index (χ3n) is 5.95. The second-order valence-corrected chi connectivity index (χ2v) is 7.87. The molecule has 0 saturated heterocycles. The number of hydrogen-bond acceptors (Lipinski definition) is 6. The number of nitrogens with zero attached hydrogens (tertiary/aromatic N) is 2. The first kappa shape index (κ1) is 19.8. The monoisotopic (exact) mass is 426 g/mol. The van der Waals surface area contributed by atoms with Gasteiger partial charge in [-0.3, -0.25) is 9.36 Å². The molecule has 5 rings (SSSR count). The third kappa shape index (κ3) is 2.85. The van der Waals surface area contributed by atoms with Gasteiger partial charge in [0.05, 0.1) is 5.56 Å². The van der Waals surface area contributed by atoms with E-state index >= 15 is 0 Å². The quantitative estimate of drug-likeness (QED) is 0.620. The maximum absolute atomic E-state index is 13.8. The number of allylic oxidation sites excluding steroid dienone is 2. The second kappa shape index (κ2) is 7.23. The first-order chi connectivity index (χ1) is 15.5. The number of rotatable bonds is 3.